The molecule has 2 aliphatic heterocycles. The van der Waals surface area contributed by atoms with Gasteiger partial charge in [-0.3, -0.25) is 4.79 Å². The molecule has 166 valence electrons. The number of anilines is 1. The Kier molecular flexibility index (Phi) is 4.42. The first kappa shape index (κ1) is 19.6. The Labute approximate surface area is 188 Å². The van der Waals surface area contributed by atoms with Gasteiger partial charge in [-0.15, -0.1) is 0 Å². The Morgan fingerprint density at radius 3 is 2.97 bits per heavy atom. The lowest BCUT2D eigenvalue weighted by atomic mass is 9.88. The molecular weight excluding hydrogens is 402 g/mol. The number of likely N-dealkylation sites (tertiary alicyclic amines) is 1. The Morgan fingerprint density at radius 1 is 1.28 bits per heavy atom. The highest BCUT2D eigenvalue weighted by Gasteiger charge is 2.52. The summed E-state index contributed by atoms with van der Waals surface area (Å²) in [5.41, 5.74) is 3.51. The first-order chi connectivity index (χ1) is 15.6. The van der Waals surface area contributed by atoms with Crippen LogP contribution in [0.3, 0.4) is 0 Å². The molecule has 3 aromatic rings. The highest BCUT2D eigenvalue weighted by Crippen LogP contribution is 2.49. The maximum Gasteiger partial charge on any atom is 0.259 e. The SMILES string of the molecule is CCCc1onc(C)c1C(=O)N1CC[C@@]2(C1)c1cccn1-c1ncccc1N2CC1CC1. The first-order valence-electron chi connectivity index (χ1n) is 11.8. The summed E-state index contributed by atoms with van der Waals surface area (Å²) in [6.07, 6.45) is 9.09. The number of pyridine rings is 1. The number of carbonyl (C=O) groups is 1. The molecule has 2 fully saturated rings. The third kappa shape index (κ3) is 2.83. The summed E-state index contributed by atoms with van der Waals surface area (Å²) in [4.78, 5) is 23.0. The van der Waals surface area contributed by atoms with E-state index < -0.39 is 0 Å². The second-order valence-corrected chi connectivity index (χ2v) is 9.49. The van der Waals surface area contributed by atoms with E-state index in [1.54, 1.807) is 0 Å². The summed E-state index contributed by atoms with van der Waals surface area (Å²) in [5, 5.41) is 4.11. The molecule has 1 saturated heterocycles. The summed E-state index contributed by atoms with van der Waals surface area (Å²) in [6, 6.07) is 8.52. The lowest BCUT2D eigenvalue weighted by Crippen LogP contribution is -2.53. The van der Waals surface area contributed by atoms with Gasteiger partial charge in [-0.05, 0) is 62.8 Å². The number of rotatable bonds is 5. The Bertz CT molecular complexity index is 1180. The molecule has 1 aliphatic carbocycles. The van der Waals surface area contributed by atoms with Crippen molar-refractivity contribution in [3.8, 4) is 5.82 Å². The van der Waals surface area contributed by atoms with E-state index in [2.05, 4.69) is 45.9 Å². The van der Waals surface area contributed by atoms with E-state index in [4.69, 9.17) is 9.51 Å². The summed E-state index contributed by atoms with van der Waals surface area (Å²) < 4.78 is 7.73. The minimum absolute atomic E-state index is 0.0468. The van der Waals surface area contributed by atoms with Crippen LogP contribution in [0.15, 0.2) is 41.2 Å². The third-order valence-electron chi connectivity index (χ3n) is 7.32. The molecule has 6 rings (SSSR count). The number of aromatic nitrogens is 3. The van der Waals surface area contributed by atoms with Crippen molar-refractivity contribution in [3.63, 3.8) is 0 Å². The van der Waals surface area contributed by atoms with Gasteiger partial charge in [0.25, 0.3) is 5.91 Å². The van der Waals surface area contributed by atoms with Crippen molar-refractivity contribution in [1.82, 2.24) is 19.6 Å². The number of amides is 1. The van der Waals surface area contributed by atoms with E-state index in [1.165, 1.54) is 24.2 Å². The zero-order valence-corrected chi connectivity index (χ0v) is 18.8. The predicted octanol–water partition coefficient (Wildman–Crippen LogP) is 4.09. The van der Waals surface area contributed by atoms with Gasteiger partial charge in [0.05, 0.1) is 17.1 Å². The third-order valence-corrected chi connectivity index (χ3v) is 7.32. The second kappa shape index (κ2) is 7.22. The predicted molar refractivity (Wildman–Crippen MR) is 121 cm³/mol. The monoisotopic (exact) mass is 431 g/mol. The lowest BCUT2D eigenvalue weighted by Gasteiger charge is -2.47. The maximum absolute atomic E-state index is 13.7. The Morgan fingerprint density at radius 2 is 2.16 bits per heavy atom. The number of hydrogen-bond acceptors (Lipinski definition) is 5. The smallest absolute Gasteiger partial charge is 0.259 e. The number of carbonyl (C=O) groups excluding carboxylic acids is 1. The van der Waals surface area contributed by atoms with E-state index in [0.717, 1.165) is 44.1 Å². The van der Waals surface area contributed by atoms with Crippen LogP contribution in [0.4, 0.5) is 5.69 Å². The fourth-order valence-corrected chi connectivity index (χ4v) is 5.57. The molecule has 0 aromatic carbocycles. The van der Waals surface area contributed by atoms with Gasteiger partial charge in [-0.2, -0.15) is 0 Å². The van der Waals surface area contributed by atoms with Crippen LogP contribution in [0.5, 0.6) is 0 Å². The average molecular weight is 432 g/mol. The molecular formula is C25H29N5O2. The van der Waals surface area contributed by atoms with Crippen LogP contribution in [-0.2, 0) is 12.0 Å². The summed E-state index contributed by atoms with van der Waals surface area (Å²) in [5.74, 6) is 2.48. The van der Waals surface area contributed by atoms with Gasteiger partial charge in [0, 0.05) is 38.4 Å². The van der Waals surface area contributed by atoms with Crippen LogP contribution in [0.2, 0.25) is 0 Å². The molecule has 0 unspecified atom stereocenters. The quantitative estimate of drug-likeness (QED) is 0.609. The van der Waals surface area contributed by atoms with Crippen molar-refractivity contribution in [2.24, 2.45) is 5.92 Å². The van der Waals surface area contributed by atoms with Crippen LogP contribution in [0, 0.1) is 12.8 Å². The minimum atomic E-state index is -0.242. The molecule has 1 atom stereocenters. The van der Waals surface area contributed by atoms with Gasteiger partial charge in [-0.25, -0.2) is 4.98 Å². The van der Waals surface area contributed by atoms with E-state index in [1.807, 2.05) is 24.1 Å². The van der Waals surface area contributed by atoms with Crippen molar-refractivity contribution in [2.75, 3.05) is 24.5 Å². The molecule has 7 nitrogen and oxygen atoms in total. The van der Waals surface area contributed by atoms with E-state index in [9.17, 15) is 4.79 Å². The van der Waals surface area contributed by atoms with E-state index in [0.29, 0.717) is 23.6 Å². The largest absolute Gasteiger partial charge is 0.360 e. The van der Waals surface area contributed by atoms with Crippen molar-refractivity contribution < 1.29 is 9.32 Å². The maximum atomic E-state index is 13.7. The van der Waals surface area contributed by atoms with Gasteiger partial charge in [0.1, 0.15) is 16.9 Å². The molecule has 0 radical (unpaired) electrons. The van der Waals surface area contributed by atoms with Crippen molar-refractivity contribution in [2.45, 2.75) is 51.5 Å². The molecule has 3 aliphatic rings. The molecule has 5 heterocycles. The van der Waals surface area contributed by atoms with Gasteiger partial charge < -0.3 is 18.9 Å². The Hall–Kier alpha value is -3.09. The number of hydrogen-bond donors (Lipinski definition) is 0. The van der Waals surface area contributed by atoms with Gasteiger partial charge in [0.15, 0.2) is 5.82 Å². The van der Waals surface area contributed by atoms with E-state index in [-0.39, 0.29) is 11.4 Å². The second-order valence-electron chi connectivity index (χ2n) is 9.49. The summed E-state index contributed by atoms with van der Waals surface area (Å²) >= 11 is 0. The summed E-state index contributed by atoms with van der Waals surface area (Å²) in [7, 11) is 0. The molecule has 32 heavy (non-hydrogen) atoms. The number of nitrogens with zero attached hydrogens (tertiary/aromatic N) is 5. The summed E-state index contributed by atoms with van der Waals surface area (Å²) in [6.45, 7) is 6.35. The highest BCUT2D eigenvalue weighted by molar-refractivity contribution is 5.96. The van der Waals surface area contributed by atoms with Crippen molar-refractivity contribution >= 4 is 11.6 Å². The van der Waals surface area contributed by atoms with Gasteiger partial charge >= 0.3 is 0 Å². The molecule has 1 saturated carbocycles. The average Bonchev–Trinajstić information content (AvgIpc) is 3.16. The number of aryl methyl sites for hydroxylation is 2. The minimum Gasteiger partial charge on any atom is -0.360 e. The normalized spacial score (nSPS) is 21.8. The standard InChI is InChI=1S/C25H29N5O2/c1-3-6-20-22(17(2)27-32-20)24(31)28-14-11-25(16-28)21-8-5-13-29(21)23-19(7-4-12-26-23)30(25)15-18-9-10-18/h4-5,7-8,12-13,18H,3,6,9-11,14-16H2,1-2H3/t25-/m1/s1. The zero-order chi connectivity index (χ0) is 21.9. The zero-order valence-electron chi connectivity index (χ0n) is 18.8. The molecule has 3 aromatic heterocycles. The van der Waals surface area contributed by atoms with Gasteiger partial charge in [0.2, 0.25) is 0 Å². The molecule has 0 N–H and O–H groups in total. The fraction of sp³-hybridized carbons (Fsp3) is 0.480. The van der Waals surface area contributed by atoms with Crippen LogP contribution in [0.25, 0.3) is 5.82 Å². The number of fused-ring (bicyclic) bond motifs is 4. The molecule has 1 spiro atoms. The molecule has 0 bridgehead atoms. The van der Waals surface area contributed by atoms with Crippen LogP contribution >= 0.6 is 0 Å². The molecule has 1 amide bonds. The van der Waals surface area contributed by atoms with Crippen LogP contribution < -0.4 is 4.90 Å². The van der Waals surface area contributed by atoms with Crippen molar-refractivity contribution in [3.05, 3.63) is 59.4 Å². The van der Waals surface area contributed by atoms with Crippen molar-refractivity contribution in [1.29, 1.82) is 0 Å². The van der Waals surface area contributed by atoms with Crippen LogP contribution in [0.1, 0.15) is 60.1 Å². The van der Waals surface area contributed by atoms with Gasteiger partial charge in [-0.1, -0.05) is 12.1 Å². The lowest BCUT2D eigenvalue weighted by molar-refractivity contribution is 0.0779. The van der Waals surface area contributed by atoms with E-state index >= 15 is 0 Å². The molecule has 7 heteroatoms. The van der Waals surface area contributed by atoms with Crippen LogP contribution in [-0.4, -0.2) is 45.1 Å². The first-order valence-corrected chi connectivity index (χ1v) is 11.8. The topological polar surface area (TPSA) is 67.4 Å². The fourth-order valence-electron chi connectivity index (χ4n) is 5.57. The highest BCUT2D eigenvalue weighted by atomic mass is 16.5. The Balaban J connectivity index is 1.40.